The number of methoxy groups -OCH3 is 2. The summed E-state index contributed by atoms with van der Waals surface area (Å²) in [5.41, 5.74) is 2.47. The molecule has 4 aliphatic carbocycles. The zero-order valence-electron chi connectivity index (χ0n) is 20.6. The number of carbonyl (C=O) groups is 1. The van der Waals surface area contributed by atoms with E-state index in [2.05, 4.69) is 17.4 Å². The molecule has 0 heterocycles. The normalized spacial score (nSPS) is 26.9. The standard InChI is InChI=1S/C27H34N2O5S/c1-33-23-8-9-25(34-2)24(13-23)28-26(30)17-29(35(3,31)32)22-6-4-21(5-7-22)27-14-18-10-19(15-27)12-20(11-18)16-27/h4-9,13,18-20H,10-12,14-17H2,1-3H3,(H,28,30). The van der Waals surface area contributed by atoms with Crippen molar-refractivity contribution in [3.05, 3.63) is 48.0 Å². The van der Waals surface area contributed by atoms with Gasteiger partial charge in [0.1, 0.15) is 18.0 Å². The molecule has 35 heavy (non-hydrogen) atoms. The van der Waals surface area contributed by atoms with Crippen molar-refractivity contribution < 1.29 is 22.7 Å². The molecule has 2 aromatic carbocycles. The van der Waals surface area contributed by atoms with Crippen LogP contribution in [0.3, 0.4) is 0 Å². The Morgan fingerprint density at radius 3 is 2.09 bits per heavy atom. The Balaban J connectivity index is 1.35. The fourth-order valence-corrected chi connectivity index (χ4v) is 7.93. The first-order valence-corrected chi connectivity index (χ1v) is 14.1. The van der Waals surface area contributed by atoms with E-state index in [4.69, 9.17) is 9.47 Å². The van der Waals surface area contributed by atoms with Gasteiger partial charge in [-0.2, -0.15) is 0 Å². The average molecular weight is 499 g/mol. The molecule has 0 spiro atoms. The predicted molar refractivity (Wildman–Crippen MR) is 137 cm³/mol. The molecule has 6 rings (SSSR count). The Bertz CT molecular complexity index is 1170. The fourth-order valence-electron chi connectivity index (χ4n) is 7.08. The maximum absolute atomic E-state index is 12.9. The van der Waals surface area contributed by atoms with Gasteiger partial charge in [-0.15, -0.1) is 0 Å². The van der Waals surface area contributed by atoms with Crippen LogP contribution in [0.1, 0.15) is 44.1 Å². The van der Waals surface area contributed by atoms with Crippen LogP contribution in [0.5, 0.6) is 11.5 Å². The Morgan fingerprint density at radius 1 is 0.971 bits per heavy atom. The van der Waals surface area contributed by atoms with E-state index in [0.717, 1.165) is 28.3 Å². The van der Waals surface area contributed by atoms with E-state index in [1.54, 1.807) is 18.2 Å². The summed E-state index contributed by atoms with van der Waals surface area (Å²) in [7, 11) is -0.636. The second-order valence-electron chi connectivity index (χ2n) is 10.6. The molecule has 0 radical (unpaired) electrons. The van der Waals surface area contributed by atoms with Crippen molar-refractivity contribution in [3.63, 3.8) is 0 Å². The largest absolute Gasteiger partial charge is 0.497 e. The van der Waals surface area contributed by atoms with Crippen LogP contribution in [0.2, 0.25) is 0 Å². The van der Waals surface area contributed by atoms with E-state index in [0.29, 0.717) is 22.9 Å². The van der Waals surface area contributed by atoms with Gasteiger partial charge in [-0.3, -0.25) is 9.10 Å². The topological polar surface area (TPSA) is 84.9 Å². The Kier molecular flexibility index (Phi) is 6.20. The highest BCUT2D eigenvalue weighted by Gasteiger charge is 2.51. The summed E-state index contributed by atoms with van der Waals surface area (Å²) in [4.78, 5) is 12.9. The van der Waals surface area contributed by atoms with Crippen molar-refractivity contribution in [3.8, 4) is 11.5 Å². The molecule has 4 aliphatic rings. The van der Waals surface area contributed by atoms with Crippen LogP contribution in [-0.4, -0.2) is 41.3 Å². The minimum absolute atomic E-state index is 0.240. The maximum Gasteiger partial charge on any atom is 0.245 e. The third-order valence-corrected chi connectivity index (χ3v) is 9.31. The van der Waals surface area contributed by atoms with Crippen molar-refractivity contribution >= 4 is 27.3 Å². The summed E-state index contributed by atoms with van der Waals surface area (Å²) < 4.78 is 37.0. The lowest BCUT2D eigenvalue weighted by atomic mass is 9.48. The van der Waals surface area contributed by atoms with Gasteiger partial charge >= 0.3 is 0 Å². The Hall–Kier alpha value is -2.74. The van der Waals surface area contributed by atoms with E-state index in [9.17, 15) is 13.2 Å². The molecule has 2 aromatic rings. The van der Waals surface area contributed by atoms with Gasteiger partial charge in [0.15, 0.2) is 0 Å². The van der Waals surface area contributed by atoms with Crippen LogP contribution in [0.15, 0.2) is 42.5 Å². The molecule has 0 atom stereocenters. The van der Waals surface area contributed by atoms with Crippen LogP contribution in [0.4, 0.5) is 11.4 Å². The van der Waals surface area contributed by atoms with Crippen molar-refractivity contribution in [2.75, 3.05) is 36.6 Å². The molecule has 1 amide bonds. The van der Waals surface area contributed by atoms with Gasteiger partial charge in [0, 0.05) is 6.07 Å². The van der Waals surface area contributed by atoms with Gasteiger partial charge < -0.3 is 14.8 Å². The highest BCUT2D eigenvalue weighted by Crippen LogP contribution is 2.60. The zero-order valence-corrected chi connectivity index (χ0v) is 21.4. The van der Waals surface area contributed by atoms with Crippen molar-refractivity contribution in [1.29, 1.82) is 0 Å². The van der Waals surface area contributed by atoms with E-state index in [1.807, 2.05) is 12.1 Å². The Morgan fingerprint density at radius 2 is 1.57 bits per heavy atom. The monoisotopic (exact) mass is 498 g/mol. The lowest BCUT2D eigenvalue weighted by molar-refractivity contribution is -0.114. The maximum atomic E-state index is 12.9. The number of anilines is 2. The number of hydrogen-bond donors (Lipinski definition) is 1. The number of sulfonamides is 1. The molecule has 7 nitrogen and oxygen atoms in total. The highest BCUT2D eigenvalue weighted by molar-refractivity contribution is 7.92. The van der Waals surface area contributed by atoms with Crippen LogP contribution in [0.25, 0.3) is 0 Å². The van der Waals surface area contributed by atoms with Crippen LogP contribution in [0, 0.1) is 17.8 Å². The summed E-state index contributed by atoms with van der Waals surface area (Å²) in [6.45, 7) is -0.337. The molecule has 0 aromatic heterocycles. The highest BCUT2D eigenvalue weighted by atomic mass is 32.2. The molecular formula is C27H34N2O5S. The SMILES string of the molecule is COc1ccc(OC)c(NC(=O)CN(c2ccc(C34CC5CC(CC(C5)C3)C4)cc2)S(C)(=O)=O)c1. The number of carbonyl (C=O) groups excluding carboxylic acids is 1. The van der Waals surface area contributed by atoms with Gasteiger partial charge in [0.25, 0.3) is 0 Å². The van der Waals surface area contributed by atoms with E-state index < -0.39 is 15.9 Å². The lowest BCUT2D eigenvalue weighted by Gasteiger charge is -2.57. The van der Waals surface area contributed by atoms with Gasteiger partial charge in [-0.1, -0.05) is 12.1 Å². The second kappa shape index (κ2) is 9.04. The first kappa shape index (κ1) is 24.0. The first-order chi connectivity index (χ1) is 16.7. The third kappa shape index (κ3) is 4.73. The van der Waals surface area contributed by atoms with E-state index in [-0.39, 0.29) is 12.0 Å². The number of hydrogen-bond acceptors (Lipinski definition) is 5. The van der Waals surface area contributed by atoms with Gasteiger partial charge in [-0.05, 0) is 91.5 Å². The molecular weight excluding hydrogens is 464 g/mol. The van der Waals surface area contributed by atoms with E-state index >= 15 is 0 Å². The Labute approximate surface area is 207 Å². The summed E-state index contributed by atoms with van der Waals surface area (Å²) >= 11 is 0. The van der Waals surface area contributed by atoms with Crippen LogP contribution in [-0.2, 0) is 20.2 Å². The zero-order chi connectivity index (χ0) is 24.8. The summed E-state index contributed by atoms with van der Waals surface area (Å²) in [6.07, 6.45) is 9.02. The minimum Gasteiger partial charge on any atom is -0.497 e. The smallest absolute Gasteiger partial charge is 0.245 e. The molecule has 4 bridgehead atoms. The number of nitrogens with one attached hydrogen (secondary N) is 1. The molecule has 4 saturated carbocycles. The van der Waals surface area contributed by atoms with Crippen LogP contribution >= 0.6 is 0 Å². The summed E-state index contributed by atoms with van der Waals surface area (Å²) in [6, 6.07) is 12.9. The molecule has 0 saturated heterocycles. The van der Waals surface area contributed by atoms with Crippen molar-refractivity contribution in [2.45, 2.75) is 43.9 Å². The van der Waals surface area contributed by atoms with Gasteiger partial charge in [0.05, 0.1) is 31.9 Å². The lowest BCUT2D eigenvalue weighted by Crippen LogP contribution is -2.48. The third-order valence-electron chi connectivity index (χ3n) is 8.17. The van der Waals surface area contributed by atoms with Crippen molar-refractivity contribution in [1.82, 2.24) is 0 Å². The molecule has 0 unspecified atom stereocenters. The molecule has 188 valence electrons. The quantitative estimate of drug-likeness (QED) is 0.576. The second-order valence-corrected chi connectivity index (χ2v) is 12.5. The van der Waals surface area contributed by atoms with E-state index in [1.165, 1.54) is 58.3 Å². The number of amides is 1. The van der Waals surface area contributed by atoms with Crippen molar-refractivity contribution in [2.24, 2.45) is 17.8 Å². The van der Waals surface area contributed by atoms with Crippen LogP contribution < -0.4 is 19.1 Å². The number of benzene rings is 2. The summed E-state index contributed by atoms with van der Waals surface area (Å²) in [5, 5.41) is 2.76. The fraction of sp³-hybridized carbons (Fsp3) is 0.519. The number of rotatable bonds is 8. The predicted octanol–water partition coefficient (Wildman–Crippen LogP) is 4.58. The first-order valence-electron chi connectivity index (χ1n) is 12.3. The minimum atomic E-state index is -3.68. The molecule has 4 fully saturated rings. The van der Waals surface area contributed by atoms with Gasteiger partial charge in [0.2, 0.25) is 15.9 Å². The molecule has 1 N–H and O–H groups in total. The van der Waals surface area contributed by atoms with Gasteiger partial charge in [-0.25, -0.2) is 8.42 Å². The number of ether oxygens (including phenoxy) is 2. The molecule has 8 heteroatoms. The number of nitrogens with zero attached hydrogens (tertiary/aromatic N) is 1. The average Bonchev–Trinajstić information content (AvgIpc) is 2.81. The summed E-state index contributed by atoms with van der Waals surface area (Å²) in [5.74, 6) is 3.07. The molecule has 0 aliphatic heterocycles.